The topological polar surface area (TPSA) is 63.5 Å². The van der Waals surface area contributed by atoms with Crippen molar-refractivity contribution in [2.75, 3.05) is 7.05 Å². The van der Waals surface area contributed by atoms with E-state index in [9.17, 15) is 9.59 Å². The molecule has 2 aliphatic heterocycles. The van der Waals surface area contributed by atoms with Crippen LogP contribution >= 0.6 is 23.6 Å². The van der Waals surface area contributed by atoms with Gasteiger partial charge < -0.3 is 15.5 Å². The number of thiocarbonyl (C=S) groups is 1. The molecular formula is C17H12N3NaO2S2. The predicted molar refractivity (Wildman–Crippen MR) is 97.6 cm³/mol. The van der Waals surface area contributed by atoms with E-state index in [1.165, 1.54) is 0 Å². The van der Waals surface area contributed by atoms with Gasteiger partial charge in [-0.3, -0.25) is 9.59 Å². The molecule has 25 heavy (non-hydrogen) atoms. The fourth-order valence-corrected chi connectivity index (χ4v) is 3.92. The summed E-state index contributed by atoms with van der Waals surface area (Å²) in [6.45, 7) is 0.640. The SMILES string of the molecule is CN1Cc2cc(-c3ccc(/C=C4/[N-]C(=S)NC4=O)s3)ccc2C1=O.[Na+]. The van der Waals surface area contributed by atoms with Gasteiger partial charge in [0.1, 0.15) is 0 Å². The minimum absolute atomic E-state index is 0. The molecule has 8 heteroatoms. The van der Waals surface area contributed by atoms with Gasteiger partial charge in [-0.05, 0) is 41.5 Å². The maximum atomic E-state index is 12.0. The van der Waals surface area contributed by atoms with Gasteiger partial charge in [-0.15, -0.1) is 11.3 Å². The maximum absolute atomic E-state index is 12.0. The van der Waals surface area contributed by atoms with Crippen LogP contribution in [0.15, 0.2) is 36.0 Å². The van der Waals surface area contributed by atoms with Crippen LogP contribution in [0.5, 0.6) is 0 Å². The van der Waals surface area contributed by atoms with Crippen molar-refractivity contribution in [3.8, 4) is 10.4 Å². The smallest absolute Gasteiger partial charge is 0.424 e. The Hall–Kier alpha value is -1.51. The molecular weight excluding hydrogens is 365 g/mol. The second-order valence-electron chi connectivity index (χ2n) is 5.64. The second kappa shape index (κ2) is 7.01. The maximum Gasteiger partial charge on any atom is 1.00 e. The molecule has 0 bridgehead atoms. The van der Waals surface area contributed by atoms with E-state index in [0.29, 0.717) is 12.2 Å². The van der Waals surface area contributed by atoms with Crippen LogP contribution in [0, 0.1) is 0 Å². The number of fused-ring (bicyclic) bond motifs is 1. The number of hydrogen-bond acceptors (Lipinski definition) is 4. The molecule has 0 spiro atoms. The summed E-state index contributed by atoms with van der Waals surface area (Å²) in [5.41, 5.74) is 3.21. The Bertz CT molecular complexity index is 936. The molecule has 0 radical (unpaired) electrons. The quantitative estimate of drug-likeness (QED) is 0.460. The second-order valence-corrected chi connectivity index (χ2v) is 7.14. The van der Waals surface area contributed by atoms with Crippen LogP contribution in [0.2, 0.25) is 0 Å². The molecule has 0 aliphatic carbocycles. The summed E-state index contributed by atoms with van der Waals surface area (Å²) < 4.78 is 0. The first kappa shape index (κ1) is 18.3. The Morgan fingerprint density at radius 3 is 2.80 bits per heavy atom. The van der Waals surface area contributed by atoms with Crippen molar-refractivity contribution >= 4 is 46.6 Å². The van der Waals surface area contributed by atoms with Gasteiger partial charge in [-0.2, -0.15) is 0 Å². The molecule has 5 nitrogen and oxygen atoms in total. The molecule has 2 amide bonds. The van der Waals surface area contributed by atoms with E-state index in [2.05, 4.69) is 16.7 Å². The van der Waals surface area contributed by atoms with E-state index in [1.807, 2.05) is 24.3 Å². The normalized spacial score (nSPS) is 17.4. The number of carbonyl (C=O) groups excluding carboxylic acids is 2. The zero-order chi connectivity index (χ0) is 16.8. The first-order chi connectivity index (χ1) is 11.5. The van der Waals surface area contributed by atoms with E-state index in [0.717, 1.165) is 26.4 Å². The molecule has 1 N–H and O–H groups in total. The Morgan fingerprint density at radius 1 is 1.28 bits per heavy atom. The van der Waals surface area contributed by atoms with Crippen LogP contribution in [-0.4, -0.2) is 28.9 Å². The standard InChI is InChI=1S/C17H13N3O2S2.Na/c1-20-8-10-6-9(2-4-12(10)16(20)22)14-5-3-11(24-14)7-13-15(21)19-17(23)18-13;/h2-7H,8H2,1H3,(H2,18,19,21,22,23);/q;+1/p-1. The van der Waals surface area contributed by atoms with Gasteiger partial charge in [0, 0.05) is 39.7 Å². The van der Waals surface area contributed by atoms with E-state index >= 15 is 0 Å². The fraction of sp³-hybridized carbons (Fsp3) is 0.118. The van der Waals surface area contributed by atoms with Crippen molar-refractivity contribution in [2.24, 2.45) is 0 Å². The van der Waals surface area contributed by atoms with Crippen molar-refractivity contribution < 1.29 is 39.1 Å². The Labute approximate surface area is 176 Å². The van der Waals surface area contributed by atoms with Crippen molar-refractivity contribution in [2.45, 2.75) is 6.54 Å². The largest absolute Gasteiger partial charge is 1.00 e. The summed E-state index contributed by atoms with van der Waals surface area (Å²) in [6, 6.07) is 9.85. The molecule has 4 rings (SSSR count). The molecule has 1 aromatic carbocycles. The Morgan fingerprint density at radius 2 is 2.08 bits per heavy atom. The zero-order valence-electron chi connectivity index (χ0n) is 13.7. The molecule has 3 heterocycles. The van der Waals surface area contributed by atoms with E-state index in [-0.39, 0.29) is 46.5 Å². The molecule has 0 saturated carbocycles. The van der Waals surface area contributed by atoms with Gasteiger partial charge in [0.05, 0.1) is 0 Å². The number of nitrogens with zero attached hydrogens (tertiary/aromatic N) is 2. The monoisotopic (exact) mass is 377 g/mol. The molecule has 2 aliphatic rings. The first-order valence-corrected chi connectivity index (χ1v) is 8.51. The Balaban J connectivity index is 0.00000182. The van der Waals surface area contributed by atoms with Gasteiger partial charge in [0.15, 0.2) is 5.91 Å². The summed E-state index contributed by atoms with van der Waals surface area (Å²) in [7, 11) is 1.80. The van der Waals surface area contributed by atoms with Gasteiger partial charge in [-0.25, -0.2) is 0 Å². The first-order valence-electron chi connectivity index (χ1n) is 7.28. The minimum atomic E-state index is -0.269. The summed E-state index contributed by atoms with van der Waals surface area (Å²) in [5.74, 6) is -0.202. The third-order valence-corrected chi connectivity index (χ3v) is 5.23. The van der Waals surface area contributed by atoms with E-state index in [4.69, 9.17) is 12.2 Å². The molecule has 1 aromatic heterocycles. The van der Waals surface area contributed by atoms with Crippen LogP contribution in [0.1, 0.15) is 20.8 Å². The summed E-state index contributed by atoms with van der Waals surface area (Å²) >= 11 is 6.43. The third kappa shape index (κ3) is 3.43. The average molecular weight is 377 g/mol. The fourth-order valence-electron chi connectivity index (χ4n) is 2.79. The van der Waals surface area contributed by atoms with Crippen molar-refractivity contribution in [3.63, 3.8) is 0 Å². The number of hydrogen-bond donors (Lipinski definition) is 1. The van der Waals surface area contributed by atoms with Gasteiger partial charge in [-0.1, -0.05) is 18.3 Å². The van der Waals surface area contributed by atoms with Crippen LogP contribution in [0.3, 0.4) is 0 Å². The zero-order valence-corrected chi connectivity index (χ0v) is 17.3. The number of benzene rings is 1. The molecule has 1 fully saturated rings. The van der Waals surface area contributed by atoms with Gasteiger partial charge in [0.25, 0.3) is 5.91 Å². The number of rotatable bonds is 2. The van der Waals surface area contributed by atoms with Crippen LogP contribution in [0.4, 0.5) is 0 Å². The molecule has 120 valence electrons. The number of thiophene rings is 1. The van der Waals surface area contributed by atoms with E-state index in [1.54, 1.807) is 29.4 Å². The molecule has 1 saturated heterocycles. The van der Waals surface area contributed by atoms with Crippen molar-refractivity contribution in [3.05, 3.63) is 57.3 Å². The van der Waals surface area contributed by atoms with Crippen LogP contribution in [-0.2, 0) is 11.3 Å². The summed E-state index contributed by atoms with van der Waals surface area (Å²) in [6.07, 6.45) is 1.73. The molecule has 0 unspecified atom stereocenters. The number of nitrogens with one attached hydrogen (secondary N) is 1. The predicted octanol–water partition coefficient (Wildman–Crippen LogP) is 0.134. The number of carbonyl (C=O) groups is 2. The van der Waals surface area contributed by atoms with Gasteiger partial charge >= 0.3 is 29.6 Å². The van der Waals surface area contributed by atoms with Crippen LogP contribution in [0.25, 0.3) is 21.8 Å². The van der Waals surface area contributed by atoms with Crippen molar-refractivity contribution in [1.29, 1.82) is 0 Å². The molecule has 2 aromatic rings. The summed E-state index contributed by atoms with van der Waals surface area (Å²) in [5, 5.41) is 6.70. The van der Waals surface area contributed by atoms with Crippen LogP contribution < -0.4 is 34.9 Å². The van der Waals surface area contributed by atoms with E-state index < -0.39 is 0 Å². The minimum Gasteiger partial charge on any atom is -0.424 e. The van der Waals surface area contributed by atoms with Gasteiger partial charge in [0.2, 0.25) is 0 Å². The summed E-state index contributed by atoms with van der Waals surface area (Å²) in [4.78, 5) is 27.3. The number of amides is 2. The Kier molecular flexibility index (Phi) is 5.13. The van der Waals surface area contributed by atoms with Crippen molar-refractivity contribution in [1.82, 2.24) is 10.2 Å². The third-order valence-electron chi connectivity index (χ3n) is 3.96. The molecule has 0 atom stereocenters. The average Bonchev–Trinajstić information content (AvgIpc) is 3.20.